The van der Waals surface area contributed by atoms with Gasteiger partial charge in [-0.2, -0.15) is 5.90 Å². The summed E-state index contributed by atoms with van der Waals surface area (Å²) in [7, 11) is 0. The third-order valence-corrected chi connectivity index (χ3v) is 3.62. The second-order valence-electron chi connectivity index (χ2n) is 5.48. The molecule has 0 saturated heterocycles. The topological polar surface area (TPSA) is 87.3 Å². The van der Waals surface area contributed by atoms with E-state index < -0.39 is 0 Å². The summed E-state index contributed by atoms with van der Waals surface area (Å²) < 4.78 is 0. The first-order valence-electron chi connectivity index (χ1n) is 8.20. The van der Waals surface area contributed by atoms with Gasteiger partial charge in [0.05, 0.1) is 0 Å². The number of rotatable bonds is 14. The number of unbranched alkanes of at least 4 members (excludes halogenated alkanes) is 12. The molecule has 0 amide bonds. The molecule has 0 aromatic carbocycles. The number of hydrogen-bond acceptors (Lipinski definition) is 4. The SMILES string of the molecule is CCCCCCCCCCCCCCCC(=O)ON.N. The molecule has 0 saturated carbocycles. The second-order valence-corrected chi connectivity index (χ2v) is 5.48. The first kappa shape index (κ1) is 21.7. The van der Waals surface area contributed by atoms with Crippen LogP contribution in [0.3, 0.4) is 0 Å². The monoisotopic (exact) mass is 288 g/mol. The number of carbonyl (C=O) groups excluding carboxylic acids is 1. The Labute approximate surface area is 125 Å². The van der Waals surface area contributed by atoms with Crippen molar-refractivity contribution in [1.29, 1.82) is 0 Å². The van der Waals surface area contributed by atoms with Crippen molar-refractivity contribution in [1.82, 2.24) is 6.15 Å². The Balaban J connectivity index is 0. The average Bonchev–Trinajstić information content (AvgIpc) is 2.43. The summed E-state index contributed by atoms with van der Waals surface area (Å²) in [5.41, 5.74) is 0. The summed E-state index contributed by atoms with van der Waals surface area (Å²) in [6.07, 6.45) is 17.5. The van der Waals surface area contributed by atoms with E-state index in [1.807, 2.05) is 0 Å². The molecule has 0 aliphatic carbocycles. The molecule has 0 radical (unpaired) electrons. The van der Waals surface area contributed by atoms with Gasteiger partial charge in [0.15, 0.2) is 0 Å². The van der Waals surface area contributed by atoms with Crippen molar-refractivity contribution in [3.05, 3.63) is 0 Å². The zero-order chi connectivity index (χ0) is 14.2. The maximum atomic E-state index is 10.8. The fourth-order valence-electron chi connectivity index (χ4n) is 2.35. The highest BCUT2D eigenvalue weighted by Gasteiger charge is 1.99. The standard InChI is InChI=1S/C16H33NO2.H3N/c1-2-3-4-5-6-7-8-9-10-11-12-13-14-15-16(18)19-17;/h2-15,17H2,1H3;1H3. The predicted molar refractivity (Wildman–Crippen MR) is 85.6 cm³/mol. The zero-order valence-electron chi connectivity index (χ0n) is 13.5. The summed E-state index contributed by atoms with van der Waals surface area (Å²) in [6, 6.07) is 0. The molecule has 5 N–H and O–H groups in total. The highest BCUT2D eigenvalue weighted by Crippen LogP contribution is 2.12. The fraction of sp³-hybridized carbons (Fsp3) is 0.938. The summed E-state index contributed by atoms with van der Waals surface area (Å²) in [6.45, 7) is 2.26. The van der Waals surface area contributed by atoms with Crippen LogP contribution in [0.4, 0.5) is 0 Å². The van der Waals surface area contributed by atoms with E-state index in [2.05, 4.69) is 11.8 Å². The smallest absolute Gasteiger partial charge is 0.324 e. The summed E-state index contributed by atoms with van der Waals surface area (Å²) in [5, 5.41) is 0. The zero-order valence-corrected chi connectivity index (χ0v) is 13.5. The summed E-state index contributed by atoms with van der Waals surface area (Å²) in [4.78, 5) is 14.9. The van der Waals surface area contributed by atoms with Gasteiger partial charge in [0.2, 0.25) is 0 Å². The van der Waals surface area contributed by atoms with Crippen LogP contribution < -0.4 is 12.0 Å². The van der Waals surface area contributed by atoms with Crippen LogP contribution in [0.2, 0.25) is 0 Å². The molecule has 122 valence electrons. The van der Waals surface area contributed by atoms with Crippen molar-refractivity contribution in [2.75, 3.05) is 0 Å². The van der Waals surface area contributed by atoms with E-state index in [0.29, 0.717) is 6.42 Å². The molecule has 0 atom stereocenters. The molecule has 0 fully saturated rings. The van der Waals surface area contributed by atoms with Crippen LogP contribution in [0.1, 0.15) is 96.8 Å². The van der Waals surface area contributed by atoms with Gasteiger partial charge in [-0.05, 0) is 6.42 Å². The van der Waals surface area contributed by atoms with Crippen molar-refractivity contribution >= 4 is 5.97 Å². The normalized spacial score (nSPS) is 10.1. The van der Waals surface area contributed by atoms with Gasteiger partial charge in [-0.25, -0.2) is 0 Å². The van der Waals surface area contributed by atoms with Gasteiger partial charge in [-0.1, -0.05) is 84.0 Å². The first-order chi connectivity index (χ1) is 9.31. The van der Waals surface area contributed by atoms with E-state index in [9.17, 15) is 4.79 Å². The molecule has 0 bridgehead atoms. The molecular weight excluding hydrogens is 252 g/mol. The summed E-state index contributed by atoms with van der Waals surface area (Å²) in [5.74, 6) is 4.48. The van der Waals surface area contributed by atoms with Crippen LogP contribution in [0.25, 0.3) is 0 Å². The van der Waals surface area contributed by atoms with Crippen LogP contribution >= 0.6 is 0 Å². The molecule has 20 heavy (non-hydrogen) atoms. The van der Waals surface area contributed by atoms with Crippen LogP contribution in [-0.2, 0) is 9.63 Å². The lowest BCUT2D eigenvalue weighted by Crippen LogP contribution is -2.08. The lowest BCUT2D eigenvalue weighted by Gasteiger charge is -2.02. The maximum Gasteiger partial charge on any atom is 0.324 e. The van der Waals surface area contributed by atoms with Crippen LogP contribution in [0.5, 0.6) is 0 Å². The minimum Gasteiger partial charge on any atom is -0.373 e. The van der Waals surface area contributed by atoms with Gasteiger partial charge >= 0.3 is 5.97 Å². The highest BCUT2D eigenvalue weighted by molar-refractivity contribution is 5.68. The van der Waals surface area contributed by atoms with E-state index >= 15 is 0 Å². The van der Waals surface area contributed by atoms with E-state index in [0.717, 1.165) is 12.8 Å². The van der Waals surface area contributed by atoms with Crippen LogP contribution in [-0.4, -0.2) is 5.97 Å². The van der Waals surface area contributed by atoms with Crippen LogP contribution in [0, 0.1) is 0 Å². The van der Waals surface area contributed by atoms with Crippen LogP contribution in [0.15, 0.2) is 0 Å². The van der Waals surface area contributed by atoms with Crippen molar-refractivity contribution in [3.63, 3.8) is 0 Å². The maximum absolute atomic E-state index is 10.8. The number of carbonyl (C=O) groups is 1. The number of hydrogen-bond donors (Lipinski definition) is 2. The van der Waals surface area contributed by atoms with Crippen molar-refractivity contribution in [2.45, 2.75) is 96.8 Å². The molecule has 0 aliphatic rings. The molecule has 0 aromatic rings. The van der Waals surface area contributed by atoms with Gasteiger partial charge in [0, 0.05) is 6.42 Å². The molecule has 0 unspecified atom stereocenters. The van der Waals surface area contributed by atoms with Gasteiger partial charge in [0.25, 0.3) is 0 Å². The molecule has 4 heteroatoms. The number of nitrogens with two attached hydrogens (primary N) is 1. The largest absolute Gasteiger partial charge is 0.373 e. The van der Waals surface area contributed by atoms with E-state index in [-0.39, 0.29) is 12.1 Å². The van der Waals surface area contributed by atoms with E-state index in [4.69, 9.17) is 5.90 Å². The molecule has 0 aromatic heterocycles. The van der Waals surface area contributed by atoms with E-state index in [1.54, 1.807) is 0 Å². The fourth-order valence-corrected chi connectivity index (χ4v) is 2.35. The molecular formula is C16H36N2O2. The molecule has 0 rings (SSSR count). The Morgan fingerprint density at radius 2 is 1.10 bits per heavy atom. The molecule has 0 aliphatic heterocycles. The van der Waals surface area contributed by atoms with Gasteiger partial charge in [-0.15, -0.1) is 0 Å². The lowest BCUT2D eigenvalue weighted by atomic mass is 10.0. The third-order valence-electron chi connectivity index (χ3n) is 3.62. The van der Waals surface area contributed by atoms with Crippen molar-refractivity contribution in [3.8, 4) is 0 Å². The van der Waals surface area contributed by atoms with Crippen molar-refractivity contribution in [2.24, 2.45) is 5.90 Å². The van der Waals surface area contributed by atoms with E-state index in [1.165, 1.54) is 70.6 Å². The van der Waals surface area contributed by atoms with Gasteiger partial charge in [0.1, 0.15) is 0 Å². The highest BCUT2D eigenvalue weighted by atomic mass is 16.7. The lowest BCUT2D eigenvalue weighted by molar-refractivity contribution is -0.144. The molecule has 0 spiro atoms. The minimum absolute atomic E-state index is 0. The minimum atomic E-state index is -0.289. The molecule has 0 heterocycles. The third kappa shape index (κ3) is 17.4. The van der Waals surface area contributed by atoms with Gasteiger partial charge in [-0.3, -0.25) is 4.79 Å². The Hall–Kier alpha value is -0.610. The quantitative estimate of drug-likeness (QED) is 0.346. The Bertz CT molecular complexity index is 199. The Kier molecular flexibility index (Phi) is 19.9. The summed E-state index contributed by atoms with van der Waals surface area (Å²) >= 11 is 0. The molecule has 4 nitrogen and oxygen atoms in total. The van der Waals surface area contributed by atoms with Gasteiger partial charge < -0.3 is 11.0 Å². The predicted octanol–water partition coefficient (Wildman–Crippen LogP) is 5.05. The average molecular weight is 288 g/mol. The van der Waals surface area contributed by atoms with Crippen molar-refractivity contribution < 1.29 is 9.63 Å². The first-order valence-corrected chi connectivity index (χ1v) is 8.20. The Morgan fingerprint density at radius 3 is 1.45 bits per heavy atom. The Morgan fingerprint density at radius 1 is 0.750 bits per heavy atom. The second kappa shape index (κ2) is 18.4.